The first-order valence-corrected chi connectivity index (χ1v) is 5.56. The van der Waals surface area contributed by atoms with E-state index in [2.05, 4.69) is 0 Å². The van der Waals surface area contributed by atoms with Gasteiger partial charge in [-0.2, -0.15) is 0 Å². The summed E-state index contributed by atoms with van der Waals surface area (Å²) in [5.74, 6) is 0.833. The van der Waals surface area contributed by atoms with Gasteiger partial charge < -0.3 is 14.6 Å². The monoisotopic (exact) mass is 198 g/mol. The zero-order valence-corrected chi connectivity index (χ0v) is 8.39. The van der Waals surface area contributed by atoms with Crippen molar-refractivity contribution in [3.63, 3.8) is 0 Å². The van der Waals surface area contributed by atoms with Crippen molar-refractivity contribution in [2.24, 2.45) is 11.8 Å². The minimum Gasteiger partial charge on any atom is -0.396 e. The van der Waals surface area contributed by atoms with Crippen molar-refractivity contribution in [3.05, 3.63) is 0 Å². The molecule has 2 rings (SSSR count). The fourth-order valence-electron chi connectivity index (χ4n) is 2.96. The van der Waals surface area contributed by atoms with Gasteiger partial charge in [0.25, 0.3) is 0 Å². The Hall–Kier alpha value is -0.410. The molecule has 1 N–H and O–H groups in total. The first-order chi connectivity index (χ1) is 6.86. The lowest BCUT2D eigenvalue weighted by Gasteiger charge is -2.25. The van der Waals surface area contributed by atoms with Gasteiger partial charge in [-0.25, -0.2) is 0 Å². The van der Waals surface area contributed by atoms with E-state index in [1.165, 1.54) is 0 Å². The number of aliphatic hydroxyl groups is 1. The van der Waals surface area contributed by atoms with E-state index < -0.39 is 0 Å². The van der Waals surface area contributed by atoms with Crippen LogP contribution in [0.25, 0.3) is 0 Å². The lowest BCUT2D eigenvalue weighted by atomic mass is 9.77. The quantitative estimate of drug-likeness (QED) is 0.532. The van der Waals surface area contributed by atoms with Crippen LogP contribution in [0, 0.1) is 11.8 Å². The van der Waals surface area contributed by atoms with Crippen LogP contribution in [0.15, 0.2) is 0 Å². The van der Waals surface area contributed by atoms with Gasteiger partial charge in [0.15, 0.2) is 0 Å². The van der Waals surface area contributed by atoms with Gasteiger partial charge in [0.05, 0.1) is 12.2 Å². The third-order valence-electron chi connectivity index (χ3n) is 3.66. The van der Waals surface area contributed by atoms with E-state index in [0.717, 1.165) is 32.0 Å². The minimum atomic E-state index is 0.243. The number of hydrogen-bond acceptors (Lipinski definition) is 3. The van der Waals surface area contributed by atoms with Gasteiger partial charge in [0.2, 0.25) is 0 Å². The molecule has 2 aliphatic heterocycles. The van der Waals surface area contributed by atoms with Crippen LogP contribution in [0.5, 0.6) is 0 Å². The molecule has 4 atom stereocenters. The Morgan fingerprint density at radius 3 is 2.64 bits per heavy atom. The molecule has 0 amide bonds. The summed E-state index contributed by atoms with van der Waals surface area (Å²) in [4.78, 5) is 10.2. The standard InChI is InChI=1S/C11H18O3/c12-6-2-1-3-8-9(7-13)11-5-4-10(8)14-11/h6,8-11,13H,1-5,7H2/t8-,9-,10-,11+/m1/s1. The molecule has 0 aromatic rings. The number of unbranched alkanes of at least 4 members (excludes halogenated alkanes) is 1. The molecular formula is C11H18O3. The summed E-state index contributed by atoms with van der Waals surface area (Å²) in [6, 6.07) is 0. The first kappa shape index (κ1) is 10.1. The molecule has 3 heteroatoms. The molecule has 0 aliphatic carbocycles. The number of ether oxygens (including phenoxy) is 1. The molecule has 2 fully saturated rings. The van der Waals surface area contributed by atoms with Gasteiger partial charge in [0.1, 0.15) is 6.29 Å². The summed E-state index contributed by atoms with van der Waals surface area (Å²) in [5.41, 5.74) is 0. The molecule has 0 unspecified atom stereocenters. The van der Waals surface area contributed by atoms with Crippen LogP contribution in [-0.2, 0) is 9.53 Å². The van der Waals surface area contributed by atoms with Gasteiger partial charge in [-0.1, -0.05) is 0 Å². The van der Waals surface area contributed by atoms with Gasteiger partial charge in [-0.15, -0.1) is 0 Å². The topological polar surface area (TPSA) is 46.5 Å². The number of carbonyl (C=O) groups is 1. The van der Waals surface area contributed by atoms with Crippen LogP contribution in [0.3, 0.4) is 0 Å². The molecule has 0 aromatic heterocycles. The van der Waals surface area contributed by atoms with E-state index in [4.69, 9.17) is 4.74 Å². The Morgan fingerprint density at radius 1 is 1.29 bits per heavy atom. The third kappa shape index (κ3) is 1.71. The Balaban J connectivity index is 1.86. The van der Waals surface area contributed by atoms with Crippen molar-refractivity contribution in [1.29, 1.82) is 0 Å². The number of rotatable bonds is 5. The van der Waals surface area contributed by atoms with E-state index in [1.54, 1.807) is 0 Å². The molecule has 0 spiro atoms. The second kappa shape index (κ2) is 4.41. The van der Waals surface area contributed by atoms with E-state index in [9.17, 15) is 9.90 Å². The van der Waals surface area contributed by atoms with Crippen molar-refractivity contribution in [3.8, 4) is 0 Å². The molecule has 2 heterocycles. The predicted molar refractivity (Wildman–Crippen MR) is 51.9 cm³/mol. The maximum atomic E-state index is 10.2. The van der Waals surface area contributed by atoms with Crippen LogP contribution in [0.1, 0.15) is 32.1 Å². The van der Waals surface area contributed by atoms with Crippen molar-refractivity contribution < 1.29 is 14.6 Å². The second-order valence-corrected chi connectivity index (χ2v) is 4.40. The summed E-state index contributed by atoms with van der Waals surface area (Å²) >= 11 is 0. The van der Waals surface area contributed by atoms with Gasteiger partial charge >= 0.3 is 0 Å². The van der Waals surface area contributed by atoms with Gasteiger partial charge in [-0.3, -0.25) is 0 Å². The highest BCUT2D eigenvalue weighted by Gasteiger charge is 2.47. The summed E-state index contributed by atoms with van der Waals surface area (Å²) in [6.07, 6.45) is 6.51. The second-order valence-electron chi connectivity index (χ2n) is 4.40. The molecule has 80 valence electrons. The smallest absolute Gasteiger partial charge is 0.119 e. The average Bonchev–Trinajstić information content (AvgIpc) is 2.78. The van der Waals surface area contributed by atoms with Crippen molar-refractivity contribution in [2.75, 3.05) is 6.61 Å². The van der Waals surface area contributed by atoms with Gasteiger partial charge in [-0.05, 0) is 31.6 Å². The van der Waals surface area contributed by atoms with E-state index >= 15 is 0 Å². The number of aldehydes is 1. The van der Waals surface area contributed by atoms with Crippen LogP contribution in [0.2, 0.25) is 0 Å². The molecule has 2 saturated heterocycles. The largest absolute Gasteiger partial charge is 0.396 e. The van der Waals surface area contributed by atoms with Crippen LogP contribution >= 0.6 is 0 Å². The van der Waals surface area contributed by atoms with Crippen molar-refractivity contribution >= 4 is 6.29 Å². The zero-order valence-electron chi connectivity index (χ0n) is 8.39. The highest BCUT2D eigenvalue weighted by Crippen LogP contribution is 2.45. The fraction of sp³-hybridized carbons (Fsp3) is 0.909. The van der Waals surface area contributed by atoms with Crippen LogP contribution in [0.4, 0.5) is 0 Å². The molecule has 0 radical (unpaired) electrons. The number of carbonyl (C=O) groups excluding carboxylic acids is 1. The Labute approximate surface area is 84.4 Å². The molecule has 14 heavy (non-hydrogen) atoms. The summed E-state index contributed by atoms with van der Waals surface area (Å²) in [7, 11) is 0. The molecule has 0 aromatic carbocycles. The Morgan fingerprint density at radius 2 is 2.00 bits per heavy atom. The predicted octanol–water partition coefficient (Wildman–Crippen LogP) is 1.14. The average molecular weight is 198 g/mol. The fourth-order valence-corrected chi connectivity index (χ4v) is 2.96. The SMILES string of the molecule is O=CCCC[C@@H]1[C@@H](CO)[C@@H]2CC[C@H]1O2. The van der Waals surface area contributed by atoms with Crippen LogP contribution < -0.4 is 0 Å². The molecule has 3 nitrogen and oxygen atoms in total. The van der Waals surface area contributed by atoms with Crippen molar-refractivity contribution in [2.45, 2.75) is 44.3 Å². The molecular weight excluding hydrogens is 180 g/mol. The molecule has 2 aliphatic rings. The first-order valence-electron chi connectivity index (χ1n) is 5.56. The summed E-state index contributed by atoms with van der Waals surface area (Å²) < 4.78 is 5.77. The Kier molecular flexibility index (Phi) is 3.19. The number of fused-ring (bicyclic) bond motifs is 2. The minimum absolute atomic E-state index is 0.243. The van der Waals surface area contributed by atoms with E-state index in [1.807, 2.05) is 0 Å². The summed E-state index contributed by atoms with van der Waals surface area (Å²) in [5, 5.41) is 9.27. The molecule has 2 bridgehead atoms. The number of aliphatic hydroxyl groups excluding tert-OH is 1. The number of hydrogen-bond donors (Lipinski definition) is 1. The van der Waals surface area contributed by atoms with E-state index in [0.29, 0.717) is 30.5 Å². The summed E-state index contributed by atoms with van der Waals surface area (Å²) in [6.45, 7) is 0.243. The van der Waals surface area contributed by atoms with Crippen molar-refractivity contribution in [1.82, 2.24) is 0 Å². The normalized spacial score (nSPS) is 40.4. The highest BCUT2D eigenvalue weighted by molar-refractivity contribution is 5.48. The maximum absolute atomic E-state index is 10.2. The lowest BCUT2D eigenvalue weighted by molar-refractivity contribution is -0.108. The van der Waals surface area contributed by atoms with Gasteiger partial charge in [0, 0.05) is 18.9 Å². The lowest BCUT2D eigenvalue weighted by Crippen LogP contribution is -2.29. The zero-order chi connectivity index (χ0) is 9.97. The Bertz CT molecular complexity index is 205. The third-order valence-corrected chi connectivity index (χ3v) is 3.66. The van der Waals surface area contributed by atoms with Crippen LogP contribution in [-0.4, -0.2) is 30.2 Å². The maximum Gasteiger partial charge on any atom is 0.119 e. The highest BCUT2D eigenvalue weighted by atomic mass is 16.5. The van der Waals surface area contributed by atoms with E-state index in [-0.39, 0.29) is 6.61 Å². The molecule has 0 saturated carbocycles.